The summed E-state index contributed by atoms with van der Waals surface area (Å²) in [5, 5.41) is 0.731. The number of aromatic nitrogens is 2. The lowest BCUT2D eigenvalue weighted by Crippen LogP contribution is -2.22. The summed E-state index contributed by atoms with van der Waals surface area (Å²) in [7, 11) is 0. The molecule has 0 aliphatic carbocycles. The van der Waals surface area contributed by atoms with Crippen molar-refractivity contribution in [3.05, 3.63) is 40.4 Å². The second-order valence-electron chi connectivity index (χ2n) is 4.11. The summed E-state index contributed by atoms with van der Waals surface area (Å²) < 4.78 is 1.84. The zero-order chi connectivity index (χ0) is 10.4. The van der Waals surface area contributed by atoms with Crippen LogP contribution >= 0.6 is 12.4 Å². The minimum Gasteiger partial charge on any atom is -0.293 e. The Morgan fingerprint density at radius 2 is 2.12 bits per heavy atom. The monoisotopic (exact) mass is 236 g/mol. The molecule has 3 nitrogen and oxygen atoms in total. The predicted octanol–water partition coefficient (Wildman–Crippen LogP) is 2.33. The molecule has 2 heterocycles. The highest BCUT2D eigenvalue weighted by atomic mass is 35.5. The van der Waals surface area contributed by atoms with E-state index in [0.29, 0.717) is 6.04 Å². The number of aryl methyl sites for hydroxylation is 1. The largest absolute Gasteiger partial charge is 0.293 e. The van der Waals surface area contributed by atoms with Crippen molar-refractivity contribution in [1.29, 1.82) is 0 Å². The van der Waals surface area contributed by atoms with Gasteiger partial charge in [-0.25, -0.2) is 4.98 Å². The average Bonchev–Trinajstić information content (AvgIpc) is 2.61. The molecule has 0 saturated heterocycles. The molecule has 0 fully saturated rings. The lowest BCUT2D eigenvalue weighted by atomic mass is 10.2. The molecule has 1 aliphatic heterocycles. The van der Waals surface area contributed by atoms with E-state index in [9.17, 15) is 4.79 Å². The highest BCUT2D eigenvalue weighted by Gasteiger charge is 2.21. The number of para-hydroxylation sites is 1. The van der Waals surface area contributed by atoms with Gasteiger partial charge >= 0.3 is 0 Å². The molecule has 1 atom stereocenters. The van der Waals surface area contributed by atoms with Gasteiger partial charge in [0.25, 0.3) is 5.56 Å². The Morgan fingerprint density at radius 1 is 1.38 bits per heavy atom. The molecule has 1 aromatic carbocycles. The third-order valence-corrected chi connectivity index (χ3v) is 3.11. The third-order valence-electron chi connectivity index (χ3n) is 3.11. The summed E-state index contributed by atoms with van der Waals surface area (Å²) >= 11 is 0. The van der Waals surface area contributed by atoms with Crippen LogP contribution in [0.5, 0.6) is 0 Å². The molecule has 1 unspecified atom stereocenters. The Hall–Kier alpha value is -1.35. The second kappa shape index (κ2) is 3.91. The molecule has 0 spiro atoms. The minimum atomic E-state index is 0. The van der Waals surface area contributed by atoms with Crippen molar-refractivity contribution in [2.24, 2.45) is 0 Å². The van der Waals surface area contributed by atoms with Crippen LogP contribution in [0.15, 0.2) is 29.1 Å². The molecule has 16 heavy (non-hydrogen) atoms. The number of rotatable bonds is 0. The number of benzene rings is 1. The van der Waals surface area contributed by atoms with Crippen LogP contribution in [0.3, 0.4) is 0 Å². The van der Waals surface area contributed by atoms with Crippen LogP contribution in [0, 0.1) is 0 Å². The van der Waals surface area contributed by atoms with E-state index in [1.165, 1.54) is 0 Å². The van der Waals surface area contributed by atoms with Crippen LogP contribution in [0.25, 0.3) is 10.9 Å². The van der Waals surface area contributed by atoms with Gasteiger partial charge in [0.05, 0.1) is 10.9 Å². The van der Waals surface area contributed by atoms with E-state index in [4.69, 9.17) is 0 Å². The average molecular weight is 237 g/mol. The minimum absolute atomic E-state index is 0. The van der Waals surface area contributed by atoms with E-state index in [1.807, 2.05) is 28.8 Å². The standard InChI is InChI=1S/C12H12N2O.ClH/c1-8-6-7-11-13-10-5-3-2-4-9(10)12(15)14(8)11;/h2-5,8H,6-7H2,1H3;1H. The summed E-state index contributed by atoms with van der Waals surface area (Å²) in [6.07, 6.45) is 1.94. The first-order valence-corrected chi connectivity index (χ1v) is 5.27. The van der Waals surface area contributed by atoms with Crippen LogP contribution in [0.2, 0.25) is 0 Å². The first-order valence-electron chi connectivity index (χ1n) is 5.27. The molecule has 0 bridgehead atoms. The van der Waals surface area contributed by atoms with Crippen LogP contribution < -0.4 is 5.56 Å². The molecular weight excluding hydrogens is 224 g/mol. The predicted molar refractivity (Wildman–Crippen MR) is 66.3 cm³/mol. The molecule has 0 amide bonds. The maximum atomic E-state index is 12.2. The van der Waals surface area contributed by atoms with Gasteiger partial charge in [0.1, 0.15) is 5.82 Å². The quantitative estimate of drug-likeness (QED) is 0.704. The van der Waals surface area contributed by atoms with E-state index in [-0.39, 0.29) is 18.0 Å². The zero-order valence-electron chi connectivity index (χ0n) is 9.01. The fraction of sp³-hybridized carbons (Fsp3) is 0.333. The van der Waals surface area contributed by atoms with Gasteiger partial charge in [-0.3, -0.25) is 9.36 Å². The summed E-state index contributed by atoms with van der Waals surface area (Å²) in [6, 6.07) is 7.86. The summed E-state index contributed by atoms with van der Waals surface area (Å²) in [6.45, 7) is 2.08. The second-order valence-corrected chi connectivity index (χ2v) is 4.11. The number of hydrogen-bond acceptors (Lipinski definition) is 2. The Balaban J connectivity index is 0.000000963. The number of nitrogens with zero attached hydrogens (tertiary/aromatic N) is 2. The fourth-order valence-corrected chi connectivity index (χ4v) is 2.29. The smallest absolute Gasteiger partial charge is 0.261 e. The Morgan fingerprint density at radius 3 is 2.94 bits per heavy atom. The summed E-state index contributed by atoms with van der Waals surface area (Å²) in [5.74, 6) is 0.936. The van der Waals surface area contributed by atoms with Gasteiger partial charge in [-0.1, -0.05) is 12.1 Å². The molecule has 1 aromatic heterocycles. The fourth-order valence-electron chi connectivity index (χ4n) is 2.29. The van der Waals surface area contributed by atoms with Gasteiger partial charge in [-0.2, -0.15) is 0 Å². The molecular formula is C12H13ClN2O. The van der Waals surface area contributed by atoms with Crippen molar-refractivity contribution in [2.45, 2.75) is 25.8 Å². The zero-order valence-corrected chi connectivity index (χ0v) is 9.83. The van der Waals surface area contributed by atoms with Crippen molar-refractivity contribution in [1.82, 2.24) is 9.55 Å². The summed E-state index contributed by atoms with van der Waals surface area (Å²) in [4.78, 5) is 16.7. The van der Waals surface area contributed by atoms with Crippen LogP contribution in [0.1, 0.15) is 25.2 Å². The van der Waals surface area contributed by atoms with E-state index in [2.05, 4.69) is 11.9 Å². The molecule has 1 aliphatic rings. The maximum Gasteiger partial charge on any atom is 0.261 e. The van der Waals surface area contributed by atoms with Crippen LogP contribution in [-0.2, 0) is 6.42 Å². The molecule has 0 radical (unpaired) electrons. The van der Waals surface area contributed by atoms with Crippen LogP contribution in [0.4, 0.5) is 0 Å². The lowest BCUT2D eigenvalue weighted by Gasteiger charge is -2.09. The van der Waals surface area contributed by atoms with Gasteiger partial charge in [0, 0.05) is 12.5 Å². The molecule has 3 rings (SSSR count). The van der Waals surface area contributed by atoms with Gasteiger partial charge in [-0.15, -0.1) is 12.4 Å². The van der Waals surface area contributed by atoms with E-state index in [1.54, 1.807) is 0 Å². The number of hydrogen-bond donors (Lipinski definition) is 0. The van der Waals surface area contributed by atoms with Crippen molar-refractivity contribution in [3.63, 3.8) is 0 Å². The molecule has 0 saturated carbocycles. The Labute approximate surface area is 99.5 Å². The van der Waals surface area contributed by atoms with Crippen molar-refractivity contribution in [2.75, 3.05) is 0 Å². The van der Waals surface area contributed by atoms with Crippen molar-refractivity contribution < 1.29 is 0 Å². The lowest BCUT2D eigenvalue weighted by molar-refractivity contribution is 0.563. The van der Waals surface area contributed by atoms with E-state index in [0.717, 1.165) is 29.6 Å². The number of fused-ring (bicyclic) bond motifs is 2. The van der Waals surface area contributed by atoms with Gasteiger partial charge < -0.3 is 0 Å². The maximum absolute atomic E-state index is 12.2. The SMILES string of the molecule is CC1CCc2nc3ccccc3c(=O)n21.Cl. The topological polar surface area (TPSA) is 34.9 Å². The normalized spacial score (nSPS) is 18.2. The number of halogens is 1. The van der Waals surface area contributed by atoms with Crippen LogP contribution in [-0.4, -0.2) is 9.55 Å². The summed E-state index contributed by atoms with van der Waals surface area (Å²) in [5.41, 5.74) is 0.934. The Kier molecular flexibility index (Phi) is 2.72. The van der Waals surface area contributed by atoms with Crippen molar-refractivity contribution in [3.8, 4) is 0 Å². The highest BCUT2D eigenvalue weighted by molar-refractivity contribution is 5.85. The van der Waals surface area contributed by atoms with Gasteiger partial charge in [-0.05, 0) is 25.5 Å². The molecule has 2 aromatic rings. The van der Waals surface area contributed by atoms with E-state index < -0.39 is 0 Å². The molecule has 84 valence electrons. The molecule has 0 N–H and O–H groups in total. The highest BCUT2D eigenvalue weighted by Crippen LogP contribution is 2.22. The Bertz CT molecular complexity index is 591. The molecule has 4 heteroatoms. The third kappa shape index (κ3) is 1.43. The first kappa shape index (κ1) is 11.1. The van der Waals surface area contributed by atoms with E-state index >= 15 is 0 Å². The van der Waals surface area contributed by atoms with Crippen molar-refractivity contribution >= 4 is 23.3 Å². The van der Waals surface area contributed by atoms with Gasteiger partial charge in [0.15, 0.2) is 0 Å². The first-order chi connectivity index (χ1) is 7.27. The van der Waals surface area contributed by atoms with Gasteiger partial charge in [0.2, 0.25) is 0 Å².